The highest BCUT2D eigenvalue weighted by atomic mass is 16.5. The minimum Gasteiger partial charge on any atom is -0.494 e. The van der Waals surface area contributed by atoms with E-state index in [9.17, 15) is 0 Å². The lowest BCUT2D eigenvalue weighted by Crippen LogP contribution is -1.94. The van der Waals surface area contributed by atoms with Crippen LogP contribution in [0.1, 0.15) is 13.3 Å². The zero-order valence-corrected chi connectivity index (χ0v) is 14.1. The fourth-order valence-electron chi connectivity index (χ4n) is 2.22. The van der Waals surface area contributed by atoms with E-state index in [0.717, 1.165) is 29.0 Å². The van der Waals surface area contributed by atoms with E-state index in [1.807, 2.05) is 48.5 Å². The molecule has 5 heteroatoms. The Morgan fingerprint density at radius 3 is 1.88 bits per heavy atom. The van der Waals surface area contributed by atoms with Gasteiger partial charge in [0.2, 0.25) is 11.8 Å². The molecule has 0 unspecified atom stereocenters. The smallest absolute Gasteiger partial charge is 0.248 e. The number of rotatable bonds is 8. The third-order valence-corrected chi connectivity index (χ3v) is 3.47. The normalized spacial score (nSPS) is 10.4. The second-order valence-corrected chi connectivity index (χ2v) is 5.41. The maximum absolute atomic E-state index is 5.78. The van der Waals surface area contributed by atoms with Crippen LogP contribution in [-0.2, 0) is 0 Å². The zero-order chi connectivity index (χ0) is 17.5. The van der Waals surface area contributed by atoms with E-state index in [0.29, 0.717) is 25.0 Å². The van der Waals surface area contributed by atoms with E-state index in [-0.39, 0.29) is 0 Å². The molecule has 0 radical (unpaired) electrons. The van der Waals surface area contributed by atoms with Crippen molar-refractivity contribution in [3.63, 3.8) is 0 Å². The van der Waals surface area contributed by atoms with Crippen molar-refractivity contribution in [2.75, 3.05) is 13.2 Å². The van der Waals surface area contributed by atoms with Gasteiger partial charge in [0.05, 0.1) is 6.61 Å². The van der Waals surface area contributed by atoms with Crippen LogP contribution in [0, 0.1) is 0 Å². The van der Waals surface area contributed by atoms with Crippen molar-refractivity contribution < 1.29 is 13.9 Å². The van der Waals surface area contributed by atoms with Crippen LogP contribution in [0.3, 0.4) is 0 Å². The lowest BCUT2D eigenvalue weighted by Gasteiger charge is -2.04. The van der Waals surface area contributed by atoms with E-state index in [1.54, 1.807) is 6.08 Å². The van der Waals surface area contributed by atoms with Crippen LogP contribution in [0.15, 0.2) is 65.6 Å². The molecule has 25 heavy (non-hydrogen) atoms. The van der Waals surface area contributed by atoms with Gasteiger partial charge in [-0.1, -0.05) is 19.6 Å². The van der Waals surface area contributed by atoms with E-state index < -0.39 is 0 Å². The minimum absolute atomic E-state index is 0.469. The molecule has 3 aromatic rings. The van der Waals surface area contributed by atoms with Gasteiger partial charge >= 0.3 is 0 Å². The Labute approximate surface area is 146 Å². The number of aromatic nitrogens is 2. The van der Waals surface area contributed by atoms with Crippen molar-refractivity contribution >= 4 is 0 Å². The molecular weight excluding hydrogens is 316 g/mol. The van der Waals surface area contributed by atoms with Crippen molar-refractivity contribution in [3.8, 4) is 34.4 Å². The van der Waals surface area contributed by atoms with Crippen molar-refractivity contribution in [1.82, 2.24) is 10.2 Å². The summed E-state index contributed by atoms with van der Waals surface area (Å²) in [6, 6.07) is 15.1. The Morgan fingerprint density at radius 2 is 1.40 bits per heavy atom. The molecule has 1 heterocycles. The van der Waals surface area contributed by atoms with Crippen LogP contribution < -0.4 is 9.47 Å². The Balaban J connectivity index is 1.72. The first-order chi connectivity index (χ1) is 12.3. The van der Waals surface area contributed by atoms with E-state index in [2.05, 4.69) is 23.7 Å². The highest BCUT2D eigenvalue weighted by Crippen LogP contribution is 2.26. The predicted molar refractivity (Wildman–Crippen MR) is 96.6 cm³/mol. The second-order valence-electron chi connectivity index (χ2n) is 5.41. The third-order valence-electron chi connectivity index (χ3n) is 3.47. The van der Waals surface area contributed by atoms with Crippen molar-refractivity contribution in [1.29, 1.82) is 0 Å². The third kappa shape index (κ3) is 4.26. The van der Waals surface area contributed by atoms with Gasteiger partial charge in [-0.3, -0.25) is 0 Å². The number of benzene rings is 2. The summed E-state index contributed by atoms with van der Waals surface area (Å²) < 4.78 is 16.8. The Bertz CT molecular complexity index is 808. The summed E-state index contributed by atoms with van der Waals surface area (Å²) >= 11 is 0. The zero-order valence-electron chi connectivity index (χ0n) is 14.1. The largest absolute Gasteiger partial charge is 0.494 e. The molecule has 3 rings (SSSR count). The van der Waals surface area contributed by atoms with Crippen molar-refractivity contribution in [2.24, 2.45) is 0 Å². The summed E-state index contributed by atoms with van der Waals surface area (Å²) in [5.41, 5.74) is 1.70. The molecule has 5 nitrogen and oxygen atoms in total. The molecule has 0 amide bonds. The lowest BCUT2D eigenvalue weighted by atomic mass is 10.2. The standard InChI is InChI=1S/C20H20N2O3/c1-3-13-23-17-9-5-15(6-10-17)19-21-22-20(25-19)16-7-11-18(12-8-16)24-14-4-2/h3,5-12H,1,4,13-14H2,2H3. The molecule has 1 aromatic heterocycles. The number of ether oxygens (including phenoxy) is 2. The van der Waals surface area contributed by atoms with Crippen LogP contribution in [-0.4, -0.2) is 23.4 Å². The molecule has 0 aliphatic carbocycles. The number of nitrogens with zero attached hydrogens (tertiary/aromatic N) is 2. The average molecular weight is 336 g/mol. The first kappa shape index (κ1) is 16.8. The average Bonchev–Trinajstić information content (AvgIpc) is 3.15. The highest BCUT2D eigenvalue weighted by Gasteiger charge is 2.10. The molecule has 0 saturated carbocycles. The molecule has 0 aliphatic heterocycles. The van der Waals surface area contributed by atoms with E-state index in [1.165, 1.54) is 0 Å². The van der Waals surface area contributed by atoms with Crippen LogP contribution >= 0.6 is 0 Å². The van der Waals surface area contributed by atoms with E-state index >= 15 is 0 Å². The molecular formula is C20H20N2O3. The molecule has 0 fully saturated rings. The first-order valence-corrected chi connectivity index (χ1v) is 8.21. The van der Waals surface area contributed by atoms with Gasteiger partial charge in [0.1, 0.15) is 18.1 Å². The molecule has 0 aliphatic rings. The summed E-state index contributed by atoms with van der Waals surface area (Å²) in [5, 5.41) is 8.25. The molecule has 128 valence electrons. The summed E-state index contributed by atoms with van der Waals surface area (Å²) in [4.78, 5) is 0. The fourth-order valence-corrected chi connectivity index (χ4v) is 2.22. The molecule has 0 atom stereocenters. The SMILES string of the molecule is C=CCOc1ccc(-c2nnc(-c3ccc(OCCC)cc3)o2)cc1. The summed E-state index contributed by atoms with van der Waals surface area (Å²) in [7, 11) is 0. The predicted octanol–water partition coefficient (Wildman–Crippen LogP) is 4.76. The first-order valence-electron chi connectivity index (χ1n) is 8.21. The molecule has 0 saturated heterocycles. The lowest BCUT2D eigenvalue weighted by molar-refractivity contribution is 0.317. The monoisotopic (exact) mass is 336 g/mol. The molecule has 0 N–H and O–H groups in total. The van der Waals surface area contributed by atoms with Gasteiger partial charge in [0.25, 0.3) is 0 Å². The van der Waals surface area contributed by atoms with Crippen LogP contribution in [0.25, 0.3) is 22.9 Å². The highest BCUT2D eigenvalue weighted by molar-refractivity contribution is 5.59. The Morgan fingerprint density at radius 1 is 0.880 bits per heavy atom. The van der Waals surface area contributed by atoms with Gasteiger partial charge in [0.15, 0.2) is 0 Å². The maximum Gasteiger partial charge on any atom is 0.248 e. The Hall–Kier alpha value is -3.08. The van der Waals surface area contributed by atoms with E-state index in [4.69, 9.17) is 13.9 Å². The van der Waals surface area contributed by atoms with Gasteiger partial charge in [-0.25, -0.2) is 0 Å². The van der Waals surface area contributed by atoms with Gasteiger partial charge in [-0.05, 0) is 55.0 Å². The molecule has 2 aromatic carbocycles. The Kier molecular flexibility index (Phi) is 5.46. The maximum atomic E-state index is 5.78. The topological polar surface area (TPSA) is 57.4 Å². The quantitative estimate of drug-likeness (QED) is 0.555. The number of hydrogen-bond donors (Lipinski definition) is 0. The second kappa shape index (κ2) is 8.15. The molecule has 0 spiro atoms. The van der Waals surface area contributed by atoms with Crippen molar-refractivity contribution in [3.05, 3.63) is 61.2 Å². The number of hydrogen-bond acceptors (Lipinski definition) is 5. The van der Waals surface area contributed by atoms with Crippen LogP contribution in [0.5, 0.6) is 11.5 Å². The van der Waals surface area contributed by atoms with Gasteiger partial charge in [-0.2, -0.15) is 0 Å². The molecule has 0 bridgehead atoms. The van der Waals surface area contributed by atoms with Crippen LogP contribution in [0.4, 0.5) is 0 Å². The van der Waals surface area contributed by atoms with Gasteiger partial charge < -0.3 is 13.9 Å². The fraction of sp³-hybridized carbons (Fsp3) is 0.200. The summed E-state index contributed by atoms with van der Waals surface area (Å²) in [6.07, 6.45) is 2.68. The van der Waals surface area contributed by atoms with Crippen molar-refractivity contribution in [2.45, 2.75) is 13.3 Å². The summed E-state index contributed by atoms with van der Waals surface area (Å²) in [5.74, 6) is 2.55. The van der Waals surface area contributed by atoms with Gasteiger partial charge in [0, 0.05) is 11.1 Å². The van der Waals surface area contributed by atoms with Crippen LogP contribution in [0.2, 0.25) is 0 Å². The minimum atomic E-state index is 0.469. The summed E-state index contributed by atoms with van der Waals surface area (Å²) in [6.45, 7) is 6.88. The van der Waals surface area contributed by atoms with Gasteiger partial charge in [-0.15, -0.1) is 10.2 Å².